The zero-order valence-electron chi connectivity index (χ0n) is 21.9. The molecule has 0 aromatic heterocycles. The Hall–Kier alpha value is -4.62. The van der Waals surface area contributed by atoms with Crippen molar-refractivity contribution >= 4 is 29.0 Å². The van der Waals surface area contributed by atoms with Crippen molar-refractivity contribution in [3.05, 3.63) is 120 Å². The number of guanidine groups is 1. The van der Waals surface area contributed by atoms with E-state index in [2.05, 4.69) is 22.8 Å². The van der Waals surface area contributed by atoms with Crippen LogP contribution in [0.25, 0.3) is 0 Å². The van der Waals surface area contributed by atoms with E-state index in [0.717, 1.165) is 40.4 Å². The molecular formula is C32H33N3O4. The van der Waals surface area contributed by atoms with Crippen molar-refractivity contribution in [1.29, 1.82) is 0 Å². The summed E-state index contributed by atoms with van der Waals surface area (Å²) in [5, 5.41) is 16.0. The van der Waals surface area contributed by atoms with E-state index in [9.17, 15) is 9.90 Å². The number of ether oxygens (including phenoxy) is 2. The summed E-state index contributed by atoms with van der Waals surface area (Å²) in [5.41, 5.74) is 4.75. The minimum atomic E-state index is -0.953. The van der Waals surface area contributed by atoms with E-state index >= 15 is 0 Å². The molecule has 0 saturated heterocycles. The van der Waals surface area contributed by atoms with Crippen molar-refractivity contribution in [3.63, 3.8) is 0 Å². The lowest BCUT2D eigenvalue weighted by Crippen LogP contribution is -2.26. The van der Waals surface area contributed by atoms with Crippen LogP contribution < -0.4 is 15.4 Å². The molecular weight excluding hydrogens is 490 g/mol. The van der Waals surface area contributed by atoms with Crippen molar-refractivity contribution < 1.29 is 19.4 Å². The number of para-hydroxylation sites is 2. The monoisotopic (exact) mass is 523 g/mol. The van der Waals surface area contributed by atoms with Gasteiger partial charge in [-0.15, -0.1) is 0 Å². The summed E-state index contributed by atoms with van der Waals surface area (Å²) in [4.78, 5) is 16.0. The van der Waals surface area contributed by atoms with Gasteiger partial charge in [0.15, 0.2) is 6.10 Å². The first kappa shape index (κ1) is 27.4. The van der Waals surface area contributed by atoms with Gasteiger partial charge in [-0.2, -0.15) is 0 Å². The van der Waals surface area contributed by atoms with E-state index in [0.29, 0.717) is 25.6 Å². The summed E-state index contributed by atoms with van der Waals surface area (Å²) in [7, 11) is 0. The number of aliphatic imine (C=N–C) groups is 1. The number of nitrogens with one attached hydrogen (secondary N) is 2. The molecule has 4 rings (SSSR count). The Kier molecular flexibility index (Phi) is 10.1. The van der Waals surface area contributed by atoms with Crippen LogP contribution in [0.3, 0.4) is 0 Å². The predicted molar refractivity (Wildman–Crippen MR) is 156 cm³/mol. The normalized spacial score (nSPS) is 12.0. The molecule has 0 aliphatic carbocycles. The van der Waals surface area contributed by atoms with Crippen molar-refractivity contribution in [2.24, 2.45) is 4.99 Å². The SMILES string of the molecule is CCOC(Cc1ccc(OCCc2ccc(N/C(=N\c3ccccc3)Nc3ccccc3)cc2)cc1)C(=O)O. The Morgan fingerprint density at radius 3 is 2.00 bits per heavy atom. The molecule has 0 saturated carbocycles. The van der Waals surface area contributed by atoms with Gasteiger partial charge in [-0.25, -0.2) is 9.79 Å². The van der Waals surface area contributed by atoms with Crippen molar-refractivity contribution in [3.8, 4) is 5.75 Å². The van der Waals surface area contributed by atoms with Gasteiger partial charge in [0.1, 0.15) is 5.75 Å². The highest BCUT2D eigenvalue weighted by Crippen LogP contribution is 2.17. The van der Waals surface area contributed by atoms with Crippen molar-refractivity contribution in [2.75, 3.05) is 23.8 Å². The van der Waals surface area contributed by atoms with Crippen LogP contribution in [-0.4, -0.2) is 36.4 Å². The molecule has 0 aliphatic rings. The number of carbonyl (C=O) groups is 1. The standard InChI is InChI=1S/C32H33N3O4/c1-2-38-30(31(36)37)23-25-15-19-29(20-16-25)39-22-21-24-13-17-28(18-14-24)35-32(33-26-9-5-3-6-10-26)34-27-11-7-4-8-12-27/h3-20,30H,2,21-23H2,1H3,(H,36,37)(H2,33,34,35). The number of benzene rings is 4. The number of aliphatic carboxylic acids is 1. The lowest BCUT2D eigenvalue weighted by Gasteiger charge is -2.14. The molecule has 0 fully saturated rings. The molecule has 0 aliphatic heterocycles. The van der Waals surface area contributed by atoms with Gasteiger partial charge < -0.3 is 25.2 Å². The summed E-state index contributed by atoms with van der Waals surface area (Å²) in [6, 6.07) is 35.4. The minimum Gasteiger partial charge on any atom is -0.493 e. The fourth-order valence-corrected chi connectivity index (χ4v) is 3.91. The number of nitrogens with zero attached hydrogens (tertiary/aromatic N) is 1. The van der Waals surface area contributed by atoms with Gasteiger partial charge in [-0.1, -0.05) is 60.7 Å². The van der Waals surface area contributed by atoms with E-state index in [1.807, 2.05) is 97.1 Å². The maximum atomic E-state index is 11.3. The first-order valence-corrected chi connectivity index (χ1v) is 13.0. The third-order valence-electron chi connectivity index (χ3n) is 5.90. The molecule has 7 nitrogen and oxygen atoms in total. The Balaban J connectivity index is 1.31. The van der Waals surface area contributed by atoms with Crippen LogP contribution in [0, 0.1) is 0 Å². The molecule has 4 aromatic carbocycles. The van der Waals surface area contributed by atoms with Gasteiger partial charge in [0.25, 0.3) is 0 Å². The molecule has 0 amide bonds. The topological polar surface area (TPSA) is 92.2 Å². The smallest absolute Gasteiger partial charge is 0.333 e. The molecule has 1 unspecified atom stereocenters. The van der Waals surface area contributed by atoms with Crippen LogP contribution >= 0.6 is 0 Å². The van der Waals surface area contributed by atoms with Crippen LogP contribution in [0.15, 0.2) is 114 Å². The second-order valence-corrected chi connectivity index (χ2v) is 8.84. The summed E-state index contributed by atoms with van der Waals surface area (Å²) < 4.78 is 11.2. The zero-order valence-corrected chi connectivity index (χ0v) is 21.9. The Labute approximate surface area is 229 Å². The summed E-state index contributed by atoms with van der Waals surface area (Å²) in [6.07, 6.45) is 0.234. The molecule has 0 radical (unpaired) electrons. The molecule has 0 bridgehead atoms. The number of anilines is 2. The van der Waals surface area contributed by atoms with E-state index in [-0.39, 0.29) is 0 Å². The minimum absolute atomic E-state index is 0.322. The molecule has 0 spiro atoms. The Morgan fingerprint density at radius 1 is 0.795 bits per heavy atom. The second kappa shape index (κ2) is 14.4. The molecule has 3 N–H and O–H groups in total. The molecule has 1 atom stereocenters. The first-order valence-electron chi connectivity index (χ1n) is 13.0. The second-order valence-electron chi connectivity index (χ2n) is 8.84. The lowest BCUT2D eigenvalue weighted by molar-refractivity contribution is -0.149. The van der Waals surface area contributed by atoms with Gasteiger partial charge in [-0.05, 0) is 66.6 Å². The molecule has 200 valence electrons. The third kappa shape index (κ3) is 9.02. The first-order chi connectivity index (χ1) is 19.1. The Bertz CT molecular complexity index is 1330. The van der Waals surface area contributed by atoms with E-state index in [4.69, 9.17) is 14.5 Å². The van der Waals surface area contributed by atoms with Crippen LogP contribution in [-0.2, 0) is 22.4 Å². The summed E-state index contributed by atoms with van der Waals surface area (Å²) in [5.74, 6) is 0.419. The van der Waals surface area contributed by atoms with Crippen LogP contribution in [0.4, 0.5) is 17.1 Å². The summed E-state index contributed by atoms with van der Waals surface area (Å²) in [6.45, 7) is 2.68. The Morgan fingerprint density at radius 2 is 1.38 bits per heavy atom. The van der Waals surface area contributed by atoms with Gasteiger partial charge in [0.2, 0.25) is 5.96 Å². The molecule has 7 heteroatoms. The highest BCUT2D eigenvalue weighted by Gasteiger charge is 2.17. The number of hydrogen-bond acceptors (Lipinski definition) is 4. The van der Waals surface area contributed by atoms with E-state index in [1.165, 1.54) is 0 Å². The average molecular weight is 524 g/mol. The number of carboxylic acids is 1. The van der Waals surface area contributed by atoms with Gasteiger partial charge in [0, 0.05) is 30.8 Å². The molecule has 39 heavy (non-hydrogen) atoms. The van der Waals surface area contributed by atoms with Crippen LogP contribution in [0.2, 0.25) is 0 Å². The predicted octanol–water partition coefficient (Wildman–Crippen LogP) is 6.55. The number of hydrogen-bond donors (Lipinski definition) is 3. The number of carboxylic acid groups (broad SMARTS) is 1. The van der Waals surface area contributed by atoms with Gasteiger partial charge in [-0.3, -0.25) is 0 Å². The largest absolute Gasteiger partial charge is 0.493 e. The summed E-state index contributed by atoms with van der Waals surface area (Å²) >= 11 is 0. The van der Waals surface area contributed by atoms with Gasteiger partial charge in [0.05, 0.1) is 12.3 Å². The van der Waals surface area contributed by atoms with Gasteiger partial charge >= 0.3 is 5.97 Å². The van der Waals surface area contributed by atoms with Crippen LogP contribution in [0.5, 0.6) is 5.75 Å². The van der Waals surface area contributed by atoms with Crippen molar-refractivity contribution in [1.82, 2.24) is 0 Å². The quantitative estimate of drug-likeness (QED) is 0.144. The fraction of sp³-hybridized carbons (Fsp3) is 0.188. The number of rotatable bonds is 12. The van der Waals surface area contributed by atoms with Crippen LogP contribution in [0.1, 0.15) is 18.1 Å². The van der Waals surface area contributed by atoms with E-state index < -0.39 is 12.1 Å². The van der Waals surface area contributed by atoms with Crippen molar-refractivity contribution in [2.45, 2.75) is 25.9 Å². The third-order valence-corrected chi connectivity index (χ3v) is 5.90. The fourth-order valence-electron chi connectivity index (χ4n) is 3.91. The van der Waals surface area contributed by atoms with E-state index in [1.54, 1.807) is 6.92 Å². The molecule has 0 heterocycles. The highest BCUT2D eigenvalue weighted by molar-refractivity contribution is 6.04. The molecule has 4 aromatic rings. The lowest BCUT2D eigenvalue weighted by atomic mass is 10.1. The maximum absolute atomic E-state index is 11.3. The maximum Gasteiger partial charge on any atom is 0.333 e. The highest BCUT2D eigenvalue weighted by atomic mass is 16.5. The average Bonchev–Trinajstić information content (AvgIpc) is 2.96. The zero-order chi connectivity index (χ0) is 27.3.